The van der Waals surface area contributed by atoms with Gasteiger partial charge < -0.3 is 13.9 Å². The summed E-state index contributed by atoms with van der Waals surface area (Å²) in [4.78, 5) is 23.8. The summed E-state index contributed by atoms with van der Waals surface area (Å²) in [5, 5.41) is 11.3. The minimum Gasteiger partial charge on any atom is -0.493 e. The van der Waals surface area contributed by atoms with Gasteiger partial charge in [-0.15, -0.1) is 10.2 Å². The van der Waals surface area contributed by atoms with Crippen LogP contribution in [0.25, 0.3) is 0 Å². The number of amides is 1. The van der Waals surface area contributed by atoms with Crippen LogP contribution in [0.3, 0.4) is 0 Å². The maximum atomic E-state index is 11.9. The van der Waals surface area contributed by atoms with E-state index in [0.717, 1.165) is 5.56 Å². The number of carbonyl (C=O) groups is 2. The van der Waals surface area contributed by atoms with E-state index < -0.39 is 11.7 Å². The predicted molar refractivity (Wildman–Crippen MR) is 93.9 cm³/mol. The zero-order valence-corrected chi connectivity index (χ0v) is 14.8. The van der Waals surface area contributed by atoms with Crippen molar-refractivity contribution in [3.05, 3.63) is 52.9 Å². The van der Waals surface area contributed by atoms with Crippen molar-refractivity contribution in [2.24, 2.45) is 0 Å². The maximum Gasteiger partial charge on any atom is 0.301 e. The Hall–Kier alpha value is -3.20. The zero-order chi connectivity index (χ0) is 18.5. The van der Waals surface area contributed by atoms with Gasteiger partial charge in [0.2, 0.25) is 5.13 Å². The normalized spacial score (nSPS) is 10.4. The molecule has 2 aromatic heterocycles. The fraction of sp³-hybridized carbons (Fsp3) is 0.176. The van der Waals surface area contributed by atoms with E-state index in [-0.39, 0.29) is 10.9 Å². The lowest BCUT2D eigenvalue weighted by atomic mass is 10.1. The van der Waals surface area contributed by atoms with Gasteiger partial charge in [0.15, 0.2) is 17.3 Å². The number of carbonyl (C=O) groups excluding carboxylic acids is 2. The van der Waals surface area contributed by atoms with Gasteiger partial charge >= 0.3 is 5.91 Å². The highest BCUT2D eigenvalue weighted by Gasteiger charge is 2.20. The van der Waals surface area contributed by atoms with E-state index in [4.69, 9.17) is 13.9 Å². The first-order valence-electron chi connectivity index (χ1n) is 7.53. The highest BCUT2D eigenvalue weighted by molar-refractivity contribution is 7.15. The Balaban J connectivity index is 1.66. The first-order chi connectivity index (χ1) is 12.6. The molecule has 0 saturated heterocycles. The highest BCUT2D eigenvalue weighted by Crippen LogP contribution is 2.29. The SMILES string of the molecule is COc1ccc(Cc2nnc(NC(=O)C(=O)c3ccco3)s2)cc1OC. The van der Waals surface area contributed by atoms with Gasteiger partial charge in [-0.3, -0.25) is 14.9 Å². The van der Waals surface area contributed by atoms with Crippen LogP contribution in [0.5, 0.6) is 11.5 Å². The lowest BCUT2D eigenvalue weighted by Gasteiger charge is -2.08. The van der Waals surface area contributed by atoms with E-state index in [9.17, 15) is 9.59 Å². The van der Waals surface area contributed by atoms with Crippen LogP contribution in [0, 0.1) is 0 Å². The van der Waals surface area contributed by atoms with E-state index >= 15 is 0 Å². The molecule has 134 valence electrons. The Morgan fingerprint density at radius 2 is 1.96 bits per heavy atom. The molecular weight excluding hydrogens is 358 g/mol. The molecule has 1 amide bonds. The van der Waals surface area contributed by atoms with Crippen LogP contribution in [0.2, 0.25) is 0 Å². The average molecular weight is 373 g/mol. The number of Topliss-reactive ketones (excluding diaryl/α,β-unsaturated/α-hetero) is 1. The van der Waals surface area contributed by atoms with Crippen molar-refractivity contribution in [1.82, 2.24) is 10.2 Å². The molecule has 0 saturated carbocycles. The molecule has 0 spiro atoms. The number of anilines is 1. The summed E-state index contributed by atoms with van der Waals surface area (Å²) in [5.74, 6) is -0.372. The summed E-state index contributed by atoms with van der Waals surface area (Å²) in [6.07, 6.45) is 1.83. The van der Waals surface area contributed by atoms with Gasteiger partial charge in [-0.05, 0) is 29.8 Å². The first kappa shape index (κ1) is 17.6. The van der Waals surface area contributed by atoms with E-state index in [1.54, 1.807) is 20.3 Å². The van der Waals surface area contributed by atoms with E-state index in [1.165, 1.54) is 29.7 Å². The van der Waals surface area contributed by atoms with Crippen LogP contribution in [-0.4, -0.2) is 36.1 Å². The third-order valence-electron chi connectivity index (χ3n) is 3.44. The molecule has 1 N–H and O–H groups in total. The van der Waals surface area contributed by atoms with Gasteiger partial charge in [-0.1, -0.05) is 17.4 Å². The van der Waals surface area contributed by atoms with Gasteiger partial charge in [0.1, 0.15) is 5.01 Å². The molecule has 0 aliphatic heterocycles. The summed E-state index contributed by atoms with van der Waals surface area (Å²) in [7, 11) is 3.14. The molecule has 0 aliphatic carbocycles. The summed E-state index contributed by atoms with van der Waals surface area (Å²) in [6, 6.07) is 8.50. The zero-order valence-electron chi connectivity index (χ0n) is 14.0. The van der Waals surface area contributed by atoms with Crippen LogP contribution < -0.4 is 14.8 Å². The third-order valence-corrected chi connectivity index (χ3v) is 4.28. The highest BCUT2D eigenvalue weighted by atomic mass is 32.1. The topological polar surface area (TPSA) is 104 Å². The number of nitrogens with zero attached hydrogens (tertiary/aromatic N) is 2. The van der Waals surface area contributed by atoms with Crippen molar-refractivity contribution in [1.29, 1.82) is 0 Å². The molecular formula is C17H15N3O5S. The van der Waals surface area contributed by atoms with Crippen molar-refractivity contribution < 1.29 is 23.5 Å². The summed E-state index contributed by atoms with van der Waals surface area (Å²) >= 11 is 1.19. The molecule has 1 aromatic carbocycles. The number of aromatic nitrogens is 2. The van der Waals surface area contributed by atoms with Gasteiger partial charge in [-0.2, -0.15) is 0 Å². The lowest BCUT2D eigenvalue weighted by molar-refractivity contribution is -0.112. The summed E-state index contributed by atoms with van der Waals surface area (Å²) in [6.45, 7) is 0. The monoisotopic (exact) mass is 373 g/mol. The largest absolute Gasteiger partial charge is 0.493 e. The number of rotatable bonds is 7. The number of ketones is 1. The van der Waals surface area contributed by atoms with Gasteiger partial charge in [0.05, 0.1) is 20.5 Å². The molecule has 0 atom stereocenters. The second-order valence-corrected chi connectivity index (χ2v) is 6.19. The number of hydrogen-bond donors (Lipinski definition) is 1. The minimum atomic E-state index is -0.825. The minimum absolute atomic E-state index is 0.0300. The van der Waals surface area contributed by atoms with Crippen molar-refractivity contribution >= 4 is 28.2 Å². The predicted octanol–water partition coefficient (Wildman–Crippen LogP) is 2.56. The fourth-order valence-electron chi connectivity index (χ4n) is 2.21. The quantitative estimate of drug-likeness (QED) is 0.501. The van der Waals surface area contributed by atoms with E-state index in [0.29, 0.717) is 22.9 Å². The number of hydrogen-bond acceptors (Lipinski definition) is 8. The number of methoxy groups -OCH3 is 2. The summed E-state index contributed by atoms with van der Waals surface area (Å²) in [5.41, 5.74) is 0.948. The molecule has 3 rings (SSSR count). The van der Waals surface area contributed by atoms with Crippen LogP contribution in [0.4, 0.5) is 5.13 Å². The van der Waals surface area contributed by atoms with Crippen molar-refractivity contribution in [3.63, 3.8) is 0 Å². The van der Waals surface area contributed by atoms with E-state index in [2.05, 4.69) is 15.5 Å². The standard InChI is InChI=1S/C17H15N3O5S/c1-23-11-6-5-10(8-13(11)24-2)9-14-19-20-17(26-14)18-16(22)15(21)12-4-3-7-25-12/h3-8H,9H2,1-2H3,(H,18,20,22). The maximum absolute atomic E-state index is 11.9. The molecule has 3 aromatic rings. The number of ether oxygens (including phenoxy) is 2. The Labute approximate surface area is 152 Å². The fourth-order valence-corrected chi connectivity index (χ4v) is 2.98. The molecule has 0 radical (unpaired) electrons. The van der Waals surface area contributed by atoms with Crippen LogP contribution in [0.1, 0.15) is 21.1 Å². The van der Waals surface area contributed by atoms with Gasteiger partial charge in [0.25, 0.3) is 5.78 Å². The smallest absolute Gasteiger partial charge is 0.301 e. The van der Waals surface area contributed by atoms with Gasteiger partial charge in [-0.25, -0.2) is 0 Å². The van der Waals surface area contributed by atoms with Crippen LogP contribution in [0.15, 0.2) is 41.0 Å². The van der Waals surface area contributed by atoms with Crippen molar-refractivity contribution in [2.75, 3.05) is 19.5 Å². The Morgan fingerprint density at radius 1 is 1.15 bits per heavy atom. The molecule has 0 unspecified atom stereocenters. The molecule has 8 nitrogen and oxygen atoms in total. The number of furan rings is 1. The molecule has 0 aliphatic rings. The molecule has 2 heterocycles. The molecule has 26 heavy (non-hydrogen) atoms. The first-order valence-corrected chi connectivity index (χ1v) is 8.35. The second kappa shape index (κ2) is 7.79. The van der Waals surface area contributed by atoms with Crippen molar-refractivity contribution in [3.8, 4) is 11.5 Å². The van der Waals surface area contributed by atoms with E-state index in [1.807, 2.05) is 12.1 Å². The second-order valence-electron chi connectivity index (χ2n) is 5.13. The Kier molecular flexibility index (Phi) is 5.28. The Bertz CT molecular complexity index is 920. The lowest BCUT2D eigenvalue weighted by Crippen LogP contribution is -2.22. The average Bonchev–Trinajstić information content (AvgIpc) is 3.33. The van der Waals surface area contributed by atoms with Crippen molar-refractivity contribution in [2.45, 2.75) is 6.42 Å². The van der Waals surface area contributed by atoms with Crippen LogP contribution >= 0.6 is 11.3 Å². The Morgan fingerprint density at radius 3 is 2.65 bits per heavy atom. The number of nitrogens with one attached hydrogen (secondary N) is 1. The molecule has 0 fully saturated rings. The van der Waals surface area contributed by atoms with Gasteiger partial charge in [0, 0.05) is 6.42 Å². The van der Waals surface area contributed by atoms with Crippen LogP contribution in [-0.2, 0) is 11.2 Å². The molecule has 0 bridgehead atoms. The molecule has 9 heteroatoms. The number of benzene rings is 1. The summed E-state index contributed by atoms with van der Waals surface area (Å²) < 4.78 is 15.4. The third kappa shape index (κ3) is 3.89.